The zero-order valence-electron chi connectivity index (χ0n) is 44.7. The number of carbonyl (C=O) groups is 3. The van der Waals surface area contributed by atoms with Gasteiger partial charge in [-0.2, -0.15) is 0 Å². The van der Waals surface area contributed by atoms with Crippen LogP contribution in [-0.4, -0.2) is 183 Å². The monoisotopic (exact) mass is 1060 g/mol. The van der Waals surface area contributed by atoms with Crippen LogP contribution in [0.3, 0.4) is 0 Å². The first kappa shape index (κ1) is 53.2. The molecule has 76 heavy (non-hydrogen) atoms. The molecule has 0 spiro atoms. The second-order valence-corrected chi connectivity index (χ2v) is 23.5. The third kappa shape index (κ3) is 11.4. The molecule has 3 aromatic heterocycles. The van der Waals surface area contributed by atoms with Crippen molar-refractivity contribution in [2.45, 2.75) is 109 Å². The van der Waals surface area contributed by atoms with Crippen LogP contribution < -0.4 is 10.7 Å². The fraction of sp³-hybridized carbons (Fsp3) is 0.632. The van der Waals surface area contributed by atoms with E-state index in [9.17, 15) is 9.59 Å². The van der Waals surface area contributed by atoms with Gasteiger partial charge >= 0.3 is 5.97 Å². The molecule has 408 valence electrons. The number of benzene rings is 1. The van der Waals surface area contributed by atoms with Crippen molar-refractivity contribution in [3.63, 3.8) is 0 Å². The van der Waals surface area contributed by atoms with Crippen molar-refractivity contribution >= 4 is 40.0 Å². The van der Waals surface area contributed by atoms with Crippen LogP contribution >= 0.6 is 11.3 Å². The van der Waals surface area contributed by atoms with E-state index in [1.54, 1.807) is 12.1 Å². The number of hydrogen-bond donors (Lipinski definition) is 2. The van der Waals surface area contributed by atoms with Gasteiger partial charge in [0.05, 0.1) is 88.0 Å². The highest BCUT2D eigenvalue weighted by Crippen LogP contribution is 2.44. The summed E-state index contributed by atoms with van der Waals surface area (Å²) in [6, 6.07) is 6.80. The maximum Gasteiger partial charge on any atom is 0.325 e. The predicted octanol–water partition coefficient (Wildman–Crippen LogP) is 4.97. The van der Waals surface area contributed by atoms with E-state index < -0.39 is 35.5 Å². The molecule has 7 fully saturated rings. The Morgan fingerprint density at radius 2 is 1.76 bits per heavy atom. The minimum absolute atomic E-state index is 0.00230. The van der Waals surface area contributed by atoms with Gasteiger partial charge < -0.3 is 43.0 Å². The Morgan fingerprint density at radius 3 is 2.49 bits per heavy atom. The van der Waals surface area contributed by atoms with Crippen LogP contribution in [0.1, 0.15) is 87.2 Å². The van der Waals surface area contributed by atoms with E-state index in [0.717, 1.165) is 81.2 Å². The fourth-order valence-corrected chi connectivity index (χ4v) is 12.9. The molecule has 7 aliphatic heterocycles. The third-order valence-corrected chi connectivity index (χ3v) is 17.5. The van der Waals surface area contributed by atoms with E-state index in [4.69, 9.17) is 43.1 Å². The van der Waals surface area contributed by atoms with Crippen molar-refractivity contribution in [1.29, 1.82) is 0 Å². The molecule has 6 saturated heterocycles. The number of amides is 2. The highest BCUT2D eigenvalue weighted by molar-refractivity contribution is 7.10. The topological polar surface area (TPSA) is 180 Å². The number of nitrogens with one attached hydrogen (secondary N) is 2. The minimum Gasteiger partial charge on any atom is -0.464 e. The third-order valence-electron chi connectivity index (χ3n) is 16.5. The van der Waals surface area contributed by atoms with Gasteiger partial charge in [-0.25, -0.2) is 10.4 Å². The largest absolute Gasteiger partial charge is 0.464 e. The second kappa shape index (κ2) is 23.2. The van der Waals surface area contributed by atoms with E-state index in [-0.39, 0.29) is 48.5 Å². The van der Waals surface area contributed by atoms with Gasteiger partial charge in [0.25, 0.3) is 5.91 Å². The van der Waals surface area contributed by atoms with E-state index in [1.807, 2.05) is 20.0 Å². The quantitative estimate of drug-likeness (QED) is 0.143. The Balaban J connectivity index is 1.06. The number of rotatable bonds is 12. The maximum absolute atomic E-state index is 15.3. The number of fused-ring (bicyclic) bond motifs is 4. The van der Waals surface area contributed by atoms with Gasteiger partial charge in [0, 0.05) is 116 Å². The minimum atomic E-state index is -1.02. The molecule has 2 N–H and O–H groups in total. The number of hydrazine groups is 1. The average molecular weight is 1060 g/mol. The standard InChI is InChI=1S/C57H74N8O10S/c1-35-32-74-52(35)53(66)60-50-45(31-63-15-22-72-23-16-63)54-59-46(33-76-54)38-8-9-47-42(28-38)44(29-57(3,4)34-75-56(68)49-39-26-40(27-39)65(61-49)55(50)67)51(64(47)17-24-73-41-10-18-70-19-11-41)43-25-37(30-58-48(43)36(2)69-5)7-6-12-62-13-20-71-21-14-62/h8-9,25,28,30,33,35-36,39-41,45,49-50,52,61H,10-24,26-27,29,31-32,34H2,1-5H3,(H,60,66)/t35-,36-,39?,40?,45-,49-,50-,52-/m0/s1. The van der Waals surface area contributed by atoms with Crippen LogP contribution in [0.4, 0.5) is 0 Å². The number of ether oxygens (including phenoxy) is 7. The smallest absolute Gasteiger partial charge is 0.325 e. The molecule has 6 atom stereocenters. The van der Waals surface area contributed by atoms with Crippen molar-refractivity contribution in [2.24, 2.45) is 17.3 Å². The molecular formula is C57H74N8O10S. The van der Waals surface area contributed by atoms with Crippen molar-refractivity contribution in [2.75, 3.05) is 106 Å². The number of esters is 1. The molecule has 10 heterocycles. The van der Waals surface area contributed by atoms with Crippen LogP contribution in [0.5, 0.6) is 0 Å². The number of cyclic esters (lactones) is 1. The van der Waals surface area contributed by atoms with Gasteiger partial charge in [-0.1, -0.05) is 38.7 Å². The van der Waals surface area contributed by atoms with E-state index in [0.29, 0.717) is 105 Å². The molecule has 0 unspecified atom stereocenters. The SMILES string of the molecule is CO[C@@H](C)c1ncc(C#CCN2CCOCC2)cc1-c1c2c3cc(ccc3n1CCOC1CCOCC1)-c1csc(n1)[C@@H](CN1CCOCC1)[C@H](NC(=O)[C@H]1OC[C@@H]1C)C(=O)N1N[C@H](C(=O)OCC(C)(C)C2)C2CC1C2. The molecule has 19 heteroatoms. The highest BCUT2D eigenvalue weighted by Gasteiger charge is 2.53. The Bertz CT molecular complexity index is 2800. The molecule has 4 aromatic rings. The maximum atomic E-state index is 15.3. The molecule has 1 aliphatic carbocycles. The Kier molecular flexibility index (Phi) is 16.3. The number of aromatic nitrogens is 3. The zero-order valence-corrected chi connectivity index (χ0v) is 45.5. The van der Waals surface area contributed by atoms with Crippen molar-refractivity contribution in [3.8, 4) is 34.4 Å². The molecule has 12 rings (SSSR count). The molecule has 8 aliphatic rings. The van der Waals surface area contributed by atoms with E-state index in [2.05, 4.69) is 80.4 Å². The van der Waals surface area contributed by atoms with Gasteiger partial charge in [-0.05, 0) is 68.7 Å². The molecule has 0 radical (unpaired) electrons. The van der Waals surface area contributed by atoms with E-state index in [1.165, 1.54) is 11.3 Å². The predicted molar refractivity (Wildman–Crippen MR) is 285 cm³/mol. The first-order valence-corrected chi connectivity index (χ1v) is 28.4. The van der Waals surface area contributed by atoms with Crippen LogP contribution in [-0.2, 0) is 60.5 Å². The average Bonchev–Trinajstić information content (AvgIpc) is 4.04. The summed E-state index contributed by atoms with van der Waals surface area (Å²) in [6.45, 7) is 17.9. The first-order valence-electron chi connectivity index (χ1n) is 27.5. The normalized spacial score (nSPS) is 27.9. The summed E-state index contributed by atoms with van der Waals surface area (Å²) >= 11 is 1.50. The van der Waals surface area contributed by atoms with Gasteiger partial charge in [-0.3, -0.25) is 34.2 Å². The summed E-state index contributed by atoms with van der Waals surface area (Å²) in [4.78, 5) is 59.2. The lowest BCUT2D eigenvalue weighted by Crippen LogP contribution is -2.72. The van der Waals surface area contributed by atoms with Crippen molar-refractivity contribution < 1.29 is 47.5 Å². The van der Waals surface area contributed by atoms with Crippen molar-refractivity contribution in [1.82, 2.24) is 40.1 Å². The molecular weight excluding hydrogens is 989 g/mol. The first-order chi connectivity index (χ1) is 36.9. The number of pyridine rings is 1. The number of carbonyl (C=O) groups excluding carboxylic acids is 3. The lowest BCUT2D eigenvalue weighted by Gasteiger charge is -2.53. The van der Waals surface area contributed by atoms with Crippen LogP contribution in [0.2, 0.25) is 0 Å². The van der Waals surface area contributed by atoms with Crippen LogP contribution in [0.25, 0.3) is 33.4 Å². The summed E-state index contributed by atoms with van der Waals surface area (Å²) in [5.74, 6) is 5.31. The zero-order chi connectivity index (χ0) is 52.5. The molecule has 2 amide bonds. The number of morpholine rings is 2. The van der Waals surface area contributed by atoms with Crippen molar-refractivity contribution in [3.05, 3.63) is 57.7 Å². The summed E-state index contributed by atoms with van der Waals surface area (Å²) in [7, 11) is 1.71. The second-order valence-electron chi connectivity index (χ2n) is 22.6. The van der Waals surface area contributed by atoms with Gasteiger partial charge in [0.1, 0.15) is 23.2 Å². The van der Waals surface area contributed by atoms with Gasteiger partial charge in [0.15, 0.2) is 0 Å². The lowest BCUT2D eigenvalue weighted by molar-refractivity contribution is -0.173. The van der Waals surface area contributed by atoms with Crippen LogP contribution in [0, 0.1) is 29.1 Å². The fourth-order valence-electron chi connectivity index (χ4n) is 11.9. The Morgan fingerprint density at radius 1 is 1.01 bits per heavy atom. The summed E-state index contributed by atoms with van der Waals surface area (Å²) < 4.78 is 44.3. The van der Waals surface area contributed by atoms with Crippen LogP contribution in [0.15, 0.2) is 35.8 Å². The Labute approximate surface area is 449 Å². The summed E-state index contributed by atoms with van der Waals surface area (Å²) in [5, 5.41) is 8.64. The lowest BCUT2D eigenvalue weighted by atomic mass is 9.73. The molecule has 1 saturated carbocycles. The van der Waals surface area contributed by atoms with Gasteiger partial charge in [0.2, 0.25) is 5.91 Å². The molecule has 18 nitrogen and oxygen atoms in total. The highest BCUT2D eigenvalue weighted by atomic mass is 32.1. The number of methoxy groups -OCH3 is 1. The number of thiazole rings is 1. The van der Waals surface area contributed by atoms with Gasteiger partial charge in [-0.15, -0.1) is 11.3 Å². The number of hydrogen-bond acceptors (Lipinski definition) is 16. The summed E-state index contributed by atoms with van der Waals surface area (Å²) in [6.07, 6.45) is 4.44. The molecule has 1 aromatic carbocycles. The molecule has 8 bridgehead atoms. The van der Waals surface area contributed by atoms with E-state index >= 15 is 4.79 Å². The Hall–Kier alpha value is -4.85. The number of nitrogens with zero attached hydrogens (tertiary/aromatic N) is 6. The summed E-state index contributed by atoms with van der Waals surface area (Å²) in [5.41, 5.74) is 10.0.